The van der Waals surface area contributed by atoms with Crippen molar-refractivity contribution in [1.29, 1.82) is 0 Å². The first-order chi connectivity index (χ1) is 15.8. The first kappa shape index (κ1) is 22.7. The van der Waals surface area contributed by atoms with E-state index < -0.39 is 28.0 Å². The molecule has 0 heterocycles. The summed E-state index contributed by atoms with van der Waals surface area (Å²) in [4.78, 5) is 25.2. The van der Waals surface area contributed by atoms with Gasteiger partial charge in [-0.2, -0.15) is 0 Å². The fourth-order valence-corrected chi connectivity index (χ4v) is 4.54. The first-order valence-electron chi connectivity index (χ1n) is 10.6. The van der Waals surface area contributed by atoms with Gasteiger partial charge in [-0.1, -0.05) is 48.5 Å². The van der Waals surface area contributed by atoms with Gasteiger partial charge in [0.05, 0.1) is 10.5 Å². The molecule has 0 spiro atoms. The number of hydrogen-bond acceptors (Lipinski definition) is 5. The van der Waals surface area contributed by atoms with Gasteiger partial charge in [-0.25, -0.2) is 17.9 Å². The van der Waals surface area contributed by atoms with E-state index in [1.54, 1.807) is 6.07 Å². The van der Waals surface area contributed by atoms with Gasteiger partial charge in [0, 0.05) is 17.3 Å². The second-order valence-electron chi connectivity index (χ2n) is 7.87. The zero-order valence-electron chi connectivity index (χ0n) is 18.0. The Kier molecular flexibility index (Phi) is 6.57. The molecule has 1 saturated carbocycles. The van der Waals surface area contributed by atoms with E-state index in [1.807, 2.05) is 48.5 Å². The molecule has 1 amide bonds. The number of rotatable bonds is 8. The van der Waals surface area contributed by atoms with Crippen molar-refractivity contribution >= 4 is 27.6 Å². The molecule has 7 nitrogen and oxygen atoms in total. The van der Waals surface area contributed by atoms with E-state index in [2.05, 4.69) is 10.0 Å². The van der Waals surface area contributed by atoms with E-state index in [1.165, 1.54) is 31.2 Å². The average molecular weight is 465 g/mol. The molecule has 0 aliphatic heterocycles. The van der Waals surface area contributed by atoms with E-state index in [9.17, 15) is 18.0 Å². The number of ether oxygens (including phenoxy) is 1. The van der Waals surface area contributed by atoms with Crippen molar-refractivity contribution in [3.8, 4) is 11.1 Å². The maximum absolute atomic E-state index is 12.7. The van der Waals surface area contributed by atoms with Crippen molar-refractivity contribution < 1.29 is 22.7 Å². The molecule has 33 heavy (non-hydrogen) atoms. The predicted octanol–water partition coefficient (Wildman–Crippen LogP) is 3.98. The summed E-state index contributed by atoms with van der Waals surface area (Å²) in [5.74, 6) is -1.19. The summed E-state index contributed by atoms with van der Waals surface area (Å²) in [6, 6.07) is 22.4. The van der Waals surface area contributed by atoms with Gasteiger partial charge in [-0.3, -0.25) is 4.79 Å². The minimum Gasteiger partial charge on any atom is -0.449 e. The number of amides is 1. The molecule has 3 aromatic rings. The summed E-state index contributed by atoms with van der Waals surface area (Å²) in [6.07, 6.45) is 0.611. The molecule has 0 aromatic heterocycles. The summed E-state index contributed by atoms with van der Waals surface area (Å²) in [7, 11) is -3.60. The number of para-hydroxylation sites is 1. The summed E-state index contributed by atoms with van der Waals surface area (Å²) in [5.41, 5.74) is 2.56. The molecule has 170 valence electrons. The van der Waals surface area contributed by atoms with Crippen LogP contribution in [0.2, 0.25) is 0 Å². The van der Waals surface area contributed by atoms with Crippen LogP contribution in [0.25, 0.3) is 11.1 Å². The Balaban J connectivity index is 1.40. The molecule has 4 rings (SSSR count). The number of carbonyl (C=O) groups excluding carboxylic acids is 2. The number of sulfonamides is 1. The third kappa shape index (κ3) is 5.66. The van der Waals surface area contributed by atoms with Crippen LogP contribution in [-0.4, -0.2) is 32.4 Å². The van der Waals surface area contributed by atoms with Crippen LogP contribution in [0.1, 0.15) is 30.1 Å². The highest BCUT2D eigenvalue weighted by Gasteiger charge is 2.28. The van der Waals surface area contributed by atoms with Crippen LogP contribution in [0.4, 0.5) is 5.69 Å². The van der Waals surface area contributed by atoms with Crippen LogP contribution in [0.3, 0.4) is 0 Å². The summed E-state index contributed by atoms with van der Waals surface area (Å²) in [6.45, 7) is 1.48. The van der Waals surface area contributed by atoms with E-state index in [0.717, 1.165) is 24.0 Å². The summed E-state index contributed by atoms with van der Waals surface area (Å²) >= 11 is 0. The Morgan fingerprint density at radius 3 is 2.21 bits per heavy atom. The monoisotopic (exact) mass is 464 g/mol. The summed E-state index contributed by atoms with van der Waals surface area (Å²) < 4.78 is 32.4. The maximum Gasteiger partial charge on any atom is 0.338 e. The number of nitrogens with one attached hydrogen (secondary N) is 2. The van der Waals surface area contributed by atoms with Crippen molar-refractivity contribution in [3.05, 3.63) is 84.4 Å². The fraction of sp³-hybridized carbons (Fsp3) is 0.200. The van der Waals surface area contributed by atoms with Crippen molar-refractivity contribution in [3.63, 3.8) is 0 Å². The Bertz CT molecular complexity index is 1250. The predicted molar refractivity (Wildman–Crippen MR) is 125 cm³/mol. The zero-order chi connectivity index (χ0) is 23.4. The molecular formula is C25H24N2O5S. The second kappa shape index (κ2) is 9.56. The van der Waals surface area contributed by atoms with Gasteiger partial charge < -0.3 is 10.1 Å². The van der Waals surface area contributed by atoms with Crippen molar-refractivity contribution in [2.45, 2.75) is 36.8 Å². The lowest BCUT2D eigenvalue weighted by Crippen LogP contribution is -2.30. The standard InChI is InChI=1S/C25H24N2O5S/c1-17(24(28)26-23-10-6-5-9-22(23)18-7-3-2-4-8-18)32-25(29)19-11-15-21(16-12-19)33(30,31)27-20-13-14-20/h2-12,15-17,20,27H,13-14H2,1H3,(H,26,28). The maximum atomic E-state index is 12.7. The smallest absolute Gasteiger partial charge is 0.338 e. The van der Waals surface area contributed by atoms with E-state index in [4.69, 9.17) is 4.74 Å². The quantitative estimate of drug-likeness (QED) is 0.491. The molecule has 1 unspecified atom stereocenters. The average Bonchev–Trinajstić information content (AvgIpc) is 3.63. The second-order valence-corrected chi connectivity index (χ2v) is 9.58. The molecule has 1 aliphatic carbocycles. The highest BCUT2D eigenvalue weighted by atomic mass is 32.2. The van der Waals surface area contributed by atoms with Gasteiger partial charge in [0.2, 0.25) is 10.0 Å². The van der Waals surface area contributed by atoms with Crippen LogP contribution < -0.4 is 10.0 Å². The minimum atomic E-state index is -3.60. The zero-order valence-corrected chi connectivity index (χ0v) is 18.8. The number of esters is 1. The number of carbonyl (C=O) groups is 2. The van der Waals surface area contributed by atoms with Crippen LogP contribution in [0.5, 0.6) is 0 Å². The van der Waals surface area contributed by atoms with E-state index in [-0.39, 0.29) is 16.5 Å². The highest BCUT2D eigenvalue weighted by Crippen LogP contribution is 2.28. The molecule has 1 aliphatic rings. The van der Waals surface area contributed by atoms with Gasteiger partial charge in [0.25, 0.3) is 5.91 Å². The Morgan fingerprint density at radius 2 is 1.55 bits per heavy atom. The highest BCUT2D eigenvalue weighted by molar-refractivity contribution is 7.89. The van der Waals surface area contributed by atoms with Crippen LogP contribution in [0, 0.1) is 0 Å². The van der Waals surface area contributed by atoms with E-state index >= 15 is 0 Å². The lowest BCUT2D eigenvalue weighted by Gasteiger charge is -2.16. The lowest BCUT2D eigenvalue weighted by molar-refractivity contribution is -0.123. The van der Waals surface area contributed by atoms with Gasteiger partial charge in [0.15, 0.2) is 6.10 Å². The molecular weight excluding hydrogens is 440 g/mol. The van der Waals surface area contributed by atoms with Gasteiger partial charge in [-0.05, 0) is 55.7 Å². The van der Waals surface area contributed by atoms with Gasteiger partial charge in [-0.15, -0.1) is 0 Å². The lowest BCUT2D eigenvalue weighted by atomic mass is 10.0. The topological polar surface area (TPSA) is 102 Å². The Morgan fingerprint density at radius 1 is 0.909 bits per heavy atom. The summed E-state index contributed by atoms with van der Waals surface area (Å²) in [5, 5.41) is 2.81. The van der Waals surface area contributed by atoms with Gasteiger partial charge >= 0.3 is 5.97 Å². The largest absolute Gasteiger partial charge is 0.449 e. The van der Waals surface area contributed by atoms with E-state index in [0.29, 0.717) is 5.69 Å². The molecule has 1 fully saturated rings. The molecule has 3 aromatic carbocycles. The number of anilines is 1. The third-order valence-electron chi connectivity index (χ3n) is 5.22. The molecule has 1 atom stereocenters. The molecule has 8 heteroatoms. The molecule has 0 bridgehead atoms. The van der Waals surface area contributed by atoms with Crippen LogP contribution in [0.15, 0.2) is 83.8 Å². The van der Waals surface area contributed by atoms with Crippen LogP contribution >= 0.6 is 0 Å². The molecule has 0 radical (unpaired) electrons. The fourth-order valence-electron chi connectivity index (χ4n) is 3.24. The van der Waals surface area contributed by atoms with Crippen molar-refractivity contribution in [2.75, 3.05) is 5.32 Å². The Labute approximate surface area is 192 Å². The third-order valence-corrected chi connectivity index (χ3v) is 6.76. The van der Waals surface area contributed by atoms with Crippen molar-refractivity contribution in [1.82, 2.24) is 4.72 Å². The molecule has 0 saturated heterocycles. The van der Waals surface area contributed by atoms with Crippen molar-refractivity contribution in [2.24, 2.45) is 0 Å². The molecule has 2 N–H and O–H groups in total. The Hall–Kier alpha value is -3.49. The van der Waals surface area contributed by atoms with Gasteiger partial charge in [0.1, 0.15) is 0 Å². The first-order valence-corrected chi connectivity index (χ1v) is 12.1. The SMILES string of the molecule is CC(OC(=O)c1ccc(S(=O)(=O)NC2CC2)cc1)C(=O)Nc1ccccc1-c1ccccc1. The normalized spacial score (nSPS) is 14.3. The van der Waals surface area contributed by atoms with Crippen LogP contribution in [-0.2, 0) is 19.6 Å². The minimum absolute atomic E-state index is 0.00831. The number of benzene rings is 3. The number of hydrogen-bond donors (Lipinski definition) is 2.